The van der Waals surface area contributed by atoms with E-state index < -0.39 is 12.7 Å². The van der Waals surface area contributed by atoms with Crippen molar-refractivity contribution in [3.05, 3.63) is 35.6 Å². The van der Waals surface area contributed by atoms with Crippen LogP contribution in [0.15, 0.2) is 24.3 Å². The third kappa shape index (κ3) is 5.46. The minimum Gasteiger partial charge on any atom is -0.313 e. The fourth-order valence-corrected chi connectivity index (χ4v) is 2.13. The van der Waals surface area contributed by atoms with E-state index in [1.807, 2.05) is 0 Å². The molecule has 0 aliphatic carbocycles. The third-order valence-electron chi connectivity index (χ3n) is 3.21. The van der Waals surface area contributed by atoms with Crippen LogP contribution < -0.4 is 5.32 Å². The summed E-state index contributed by atoms with van der Waals surface area (Å²) in [5.74, 6) is -0.342. The lowest BCUT2D eigenvalue weighted by Crippen LogP contribution is -2.36. The first-order chi connectivity index (χ1) is 9.37. The maximum absolute atomic E-state index is 13.7. The molecule has 0 amide bonds. The first-order valence-electron chi connectivity index (χ1n) is 6.58. The molecule has 20 heavy (non-hydrogen) atoms. The zero-order chi connectivity index (χ0) is 15.2. The van der Waals surface area contributed by atoms with Crippen molar-refractivity contribution in [1.29, 1.82) is 0 Å². The van der Waals surface area contributed by atoms with Crippen LogP contribution in [-0.4, -0.2) is 37.8 Å². The van der Waals surface area contributed by atoms with Crippen LogP contribution in [0, 0.1) is 5.82 Å². The Kier molecular flexibility index (Phi) is 6.42. The van der Waals surface area contributed by atoms with Gasteiger partial charge in [-0.2, -0.15) is 13.2 Å². The Morgan fingerprint density at radius 2 is 1.90 bits per heavy atom. The molecule has 0 aliphatic heterocycles. The number of hydrogen-bond acceptors (Lipinski definition) is 2. The van der Waals surface area contributed by atoms with Crippen LogP contribution >= 0.6 is 0 Å². The van der Waals surface area contributed by atoms with Crippen molar-refractivity contribution >= 4 is 0 Å². The van der Waals surface area contributed by atoms with Crippen LogP contribution in [0.3, 0.4) is 0 Å². The molecule has 0 spiro atoms. The van der Waals surface area contributed by atoms with Crippen molar-refractivity contribution in [3.63, 3.8) is 0 Å². The molecule has 0 saturated heterocycles. The Morgan fingerprint density at radius 3 is 2.40 bits per heavy atom. The van der Waals surface area contributed by atoms with Crippen molar-refractivity contribution in [2.75, 3.05) is 26.7 Å². The van der Waals surface area contributed by atoms with Gasteiger partial charge in [-0.15, -0.1) is 0 Å². The second-order valence-corrected chi connectivity index (χ2v) is 4.64. The summed E-state index contributed by atoms with van der Waals surface area (Å²) >= 11 is 0. The van der Waals surface area contributed by atoms with Crippen LogP contribution in [-0.2, 0) is 0 Å². The number of hydrogen-bond donors (Lipinski definition) is 1. The Bertz CT molecular complexity index is 406. The van der Waals surface area contributed by atoms with Crippen molar-refractivity contribution in [1.82, 2.24) is 10.2 Å². The van der Waals surface area contributed by atoms with E-state index >= 15 is 0 Å². The molecule has 1 unspecified atom stereocenters. The molecule has 1 rings (SSSR count). The topological polar surface area (TPSA) is 15.3 Å². The van der Waals surface area contributed by atoms with E-state index in [0.717, 1.165) is 0 Å². The molecule has 0 bridgehead atoms. The summed E-state index contributed by atoms with van der Waals surface area (Å²) in [7, 11) is 1.68. The van der Waals surface area contributed by atoms with Gasteiger partial charge in [-0.25, -0.2) is 4.39 Å². The van der Waals surface area contributed by atoms with E-state index in [1.54, 1.807) is 32.2 Å². The Labute approximate surface area is 116 Å². The largest absolute Gasteiger partial charge is 0.401 e. The highest BCUT2D eigenvalue weighted by atomic mass is 19.4. The number of alkyl halides is 3. The van der Waals surface area contributed by atoms with Crippen molar-refractivity contribution < 1.29 is 17.6 Å². The molecule has 0 fully saturated rings. The Hall–Kier alpha value is -1.14. The molecule has 1 N–H and O–H groups in total. The predicted octanol–water partition coefficient (Wildman–Crippen LogP) is 3.36. The smallest absolute Gasteiger partial charge is 0.313 e. The number of nitrogens with zero attached hydrogens (tertiary/aromatic N) is 1. The molecule has 1 aromatic rings. The fourth-order valence-electron chi connectivity index (χ4n) is 2.13. The number of benzene rings is 1. The lowest BCUT2D eigenvalue weighted by atomic mass is 10.0. The van der Waals surface area contributed by atoms with Gasteiger partial charge in [0.25, 0.3) is 0 Å². The number of halogens is 4. The molecule has 0 radical (unpaired) electrons. The number of rotatable bonds is 7. The van der Waals surface area contributed by atoms with Gasteiger partial charge in [0.05, 0.1) is 6.54 Å². The van der Waals surface area contributed by atoms with Gasteiger partial charge in [0, 0.05) is 18.2 Å². The molecule has 1 aromatic carbocycles. The van der Waals surface area contributed by atoms with Gasteiger partial charge in [-0.1, -0.05) is 25.1 Å². The molecule has 114 valence electrons. The van der Waals surface area contributed by atoms with E-state index in [9.17, 15) is 17.6 Å². The SMILES string of the molecule is CCN(CCC(NC)c1ccccc1F)CC(F)(F)F. The van der Waals surface area contributed by atoms with E-state index in [2.05, 4.69) is 5.32 Å². The molecule has 6 heteroatoms. The average Bonchev–Trinajstić information content (AvgIpc) is 2.38. The summed E-state index contributed by atoms with van der Waals surface area (Å²) in [6.07, 6.45) is -3.79. The van der Waals surface area contributed by atoms with Crippen molar-refractivity contribution in [3.8, 4) is 0 Å². The summed E-state index contributed by atoms with van der Waals surface area (Å²) < 4.78 is 50.8. The second-order valence-electron chi connectivity index (χ2n) is 4.64. The van der Waals surface area contributed by atoms with Crippen LogP contribution in [0.4, 0.5) is 17.6 Å². The lowest BCUT2D eigenvalue weighted by Gasteiger charge is -2.25. The highest BCUT2D eigenvalue weighted by Crippen LogP contribution is 2.21. The zero-order valence-corrected chi connectivity index (χ0v) is 11.7. The van der Waals surface area contributed by atoms with Gasteiger partial charge in [0.15, 0.2) is 0 Å². The van der Waals surface area contributed by atoms with Gasteiger partial charge < -0.3 is 5.32 Å². The highest BCUT2D eigenvalue weighted by molar-refractivity contribution is 5.21. The van der Waals surface area contributed by atoms with Crippen LogP contribution in [0.5, 0.6) is 0 Å². The van der Waals surface area contributed by atoms with Gasteiger partial charge in [-0.05, 0) is 26.1 Å². The Morgan fingerprint density at radius 1 is 1.25 bits per heavy atom. The van der Waals surface area contributed by atoms with Crippen LogP contribution in [0.1, 0.15) is 24.9 Å². The predicted molar refractivity (Wildman–Crippen MR) is 71.0 cm³/mol. The zero-order valence-electron chi connectivity index (χ0n) is 11.7. The van der Waals surface area contributed by atoms with Gasteiger partial charge in [-0.3, -0.25) is 4.90 Å². The minimum atomic E-state index is -4.21. The summed E-state index contributed by atoms with van der Waals surface area (Å²) in [5.41, 5.74) is 0.484. The highest BCUT2D eigenvalue weighted by Gasteiger charge is 2.30. The molecule has 1 atom stereocenters. The van der Waals surface area contributed by atoms with Gasteiger partial charge in [0.1, 0.15) is 5.82 Å². The number of nitrogens with one attached hydrogen (secondary N) is 1. The Balaban J connectivity index is 2.63. The fraction of sp³-hybridized carbons (Fsp3) is 0.571. The lowest BCUT2D eigenvalue weighted by molar-refractivity contribution is -0.145. The van der Waals surface area contributed by atoms with E-state index in [4.69, 9.17) is 0 Å². The molecule has 0 aromatic heterocycles. The van der Waals surface area contributed by atoms with E-state index in [0.29, 0.717) is 18.5 Å². The third-order valence-corrected chi connectivity index (χ3v) is 3.21. The van der Waals surface area contributed by atoms with Crippen molar-refractivity contribution in [2.24, 2.45) is 0 Å². The standard InChI is InChI=1S/C14H20F4N2/c1-3-20(10-14(16,17)18)9-8-13(19-2)11-6-4-5-7-12(11)15/h4-7,13,19H,3,8-10H2,1-2H3. The van der Waals surface area contributed by atoms with E-state index in [-0.39, 0.29) is 18.4 Å². The first kappa shape index (κ1) is 16.9. The molecule has 2 nitrogen and oxygen atoms in total. The first-order valence-corrected chi connectivity index (χ1v) is 6.58. The molecule has 0 aliphatic rings. The summed E-state index contributed by atoms with van der Waals surface area (Å²) in [6.45, 7) is 1.32. The summed E-state index contributed by atoms with van der Waals surface area (Å²) in [6, 6.07) is 6.02. The molecule has 0 saturated carbocycles. The maximum atomic E-state index is 13.7. The van der Waals surface area contributed by atoms with Crippen molar-refractivity contribution in [2.45, 2.75) is 25.6 Å². The monoisotopic (exact) mass is 292 g/mol. The van der Waals surface area contributed by atoms with Crippen LogP contribution in [0.25, 0.3) is 0 Å². The quantitative estimate of drug-likeness (QED) is 0.775. The summed E-state index contributed by atoms with van der Waals surface area (Å²) in [4.78, 5) is 1.31. The van der Waals surface area contributed by atoms with Crippen LogP contribution in [0.2, 0.25) is 0 Å². The summed E-state index contributed by atoms with van der Waals surface area (Å²) in [5, 5.41) is 2.95. The molecule has 0 heterocycles. The maximum Gasteiger partial charge on any atom is 0.401 e. The van der Waals surface area contributed by atoms with Gasteiger partial charge >= 0.3 is 6.18 Å². The molecular weight excluding hydrogens is 272 g/mol. The van der Waals surface area contributed by atoms with E-state index in [1.165, 1.54) is 11.0 Å². The normalized spacial score (nSPS) is 13.8. The second kappa shape index (κ2) is 7.59. The average molecular weight is 292 g/mol. The molecular formula is C14H20F4N2. The minimum absolute atomic E-state index is 0.260. The van der Waals surface area contributed by atoms with Gasteiger partial charge in [0.2, 0.25) is 0 Å².